The Labute approximate surface area is 196 Å². The Morgan fingerprint density at radius 3 is 2.66 bits per heavy atom. The number of rotatable bonds is 11. The number of halogens is 1. The van der Waals surface area contributed by atoms with E-state index in [1.165, 1.54) is 18.4 Å². The molecule has 0 aromatic heterocycles. The van der Waals surface area contributed by atoms with Crippen molar-refractivity contribution in [2.24, 2.45) is 5.92 Å². The first-order chi connectivity index (χ1) is 15.6. The zero-order chi connectivity index (χ0) is 22.3. The molecule has 1 saturated carbocycles. The van der Waals surface area contributed by atoms with Gasteiger partial charge in [-0.15, -0.1) is 0 Å². The third-order valence-corrected chi connectivity index (χ3v) is 6.67. The van der Waals surface area contributed by atoms with Crippen molar-refractivity contribution in [2.45, 2.75) is 38.5 Å². The number of fused-ring (bicyclic) bond motifs is 1. The maximum Gasteiger partial charge on any atom is 0.251 e. The average Bonchev–Trinajstić information content (AvgIpc) is 3.57. The van der Waals surface area contributed by atoms with E-state index < -0.39 is 0 Å². The Hall–Kier alpha value is -2.36. The van der Waals surface area contributed by atoms with Crippen LogP contribution in [0, 0.1) is 5.92 Å². The number of hydrogen-bond acceptors (Lipinski definition) is 2. The van der Waals surface area contributed by atoms with Gasteiger partial charge in [0, 0.05) is 23.7 Å². The van der Waals surface area contributed by atoms with Crippen LogP contribution in [0.4, 0.5) is 0 Å². The van der Waals surface area contributed by atoms with Crippen molar-refractivity contribution < 1.29 is 4.79 Å². The van der Waals surface area contributed by atoms with Crippen molar-refractivity contribution in [1.29, 1.82) is 0 Å². The molecule has 3 aromatic carbocycles. The van der Waals surface area contributed by atoms with Gasteiger partial charge < -0.3 is 10.2 Å². The summed E-state index contributed by atoms with van der Waals surface area (Å²) >= 11 is 6.16. The molecule has 1 fully saturated rings. The summed E-state index contributed by atoms with van der Waals surface area (Å²) in [5, 5.41) is 6.19. The van der Waals surface area contributed by atoms with E-state index in [0.29, 0.717) is 5.92 Å². The molecule has 4 rings (SSSR count). The van der Waals surface area contributed by atoms with Crippen LogP contribution in [-0.4, -0.2) is 37.0 Å². The lowest BCUT2D eigenvalue weighted by Gasteiger charge is -2.22. The van der Waals surface area contributed by atoms with Crippen LogP contribution in [0.2, 0.25) is 5.02 Å². The molecule has 2 atom stereocenters. The highest BCUT2D eigenvalue weighted by atomic mass is 35.5. The summed E-state index contributed by atoms with van der Waals surface area (Å²) in [6, 6.07) is 22.4. The van der Waals surface area contributed by atoms with E-state index in [1.54, 1.807) is 0 Å². The second-order valence-corrected chi connectivity index (χ2v) is 9.42. The van der Waals surface area contributed by atoms with E-state index in [9.17, 15) is 4.79 Å². The first kappa shape index (κ1) is 22.8. The summed E-state index contributed by atoms with van der Waals surface area (Å²) in [5.74, 6) is 1.42. The first-order valence-electron chi connectivity index (χ1n) is 11.9. The molecular weight excluding hydrogens is 416 g/mol. The Morgan fingerprint density at radius 2 is 1.84 bits per heavy atom. The summed E-state index contributed by atoms with van der Waals surface area (Å²) < 4.78 is 0. The minimum absolute atomic E-state index is 0.0171. The van der Waals surface area contributed by atoms with Gasteiger partial charge in [0.25, 0.3) is 5.91 Å². The summed E-state index contributed by atoms with van der Waals surface area (Å²) in [4.78, 5) is 15.1. The van der Waals surface area contributed by atoms with E-state index in [-0.39, 0.29) is 5.91 Å². The van der Waals surface area contributed by atoms with Gasteiger partial charge in [-0.1, -0.05) is 61.0 Å². The predicted octanol–water partition coefficient (Wildman–Crippen LogP) is 6.52. The fourth-order valence-corrected chi connectivity index (χ4v) is 4.83. The quantitative estimate of drug-likeness (QED) is 0.338. The summed E-state index contributed by atoms with van der Waals surface area (Å²) in [7, 11) is 0. The number of carbonyl (C=O) groups excluding carboxylic acids is 1. The lowest BCUT2D eigenvalue weighted by Crippen LogP contribution is -2.29. The van der Waals surface area contributed by atoms with Crippen LogP contribution in [0.3, 0.4) is 0 Å². The number of benzene rings is 3. The highest BCUT2D eigenvalue weighted by Gasteiger charge is 2.39. The molecule has 0 saturated heterocycles. The zero-order valence-corrected chi connectivity index (χ0v) is 19.7. The van der Waals surface area contributed by atoms with Crippen LogP contribution < -0.4 is 5.32 Å². The molecule has 0 heterocycles. The van der Waals surface area contributed by atoms with Gasteiger partial charge in [0.2, 0.25) is 0 Å². The van der Waals surface area contributed by atoms with Gasteiger partial charge in [-0.3, -0.25) is 4.79 Å². The van der Waals surface area contributed by atoms with Crippen molar-refractivity contribution in [3.63, 3.8) is 0 Å². The molecule has 0 radical (unpaired) electrons. The third kappa shape index (κ3) is 6.11. The Balaban J connectivity index is 1.18. The highest BCUT2D eigenvalue weighted by molar-refractivity contribution is 6.30. The molecule has 1 amide bonds. The summed E-state index contributed by atoms with van der Waals surface area (Å²) in [5.41, 5.74) is 2.12. The van der Waals surface area contributed by atoms with Crippen molar-refractivity contribution in [3.05, 3.63) is 82.9 Å². The fraction of sp³-hybridized carbons (Fsp3) is 0.393. The first-order valence-corrected chi connectivity index (χ1v) is 12.3. The fourth-order valence-electron chi connectivity index (χ4n) is 4.63. The van der Waals surface area contributed by atoms with Gasteiger partial charge in [0.15, 0.2) is 0 Å². The minimum Gasteiger partial charge on any atom is -0.352 e. The lowest BCUT2D eigenvalue weighted by molar-refractivity contribution is 0.0952. The zero-order valence-electron chi connectivity index (χ0n) is 18.9. The van der Waals surface area contributed by atoms with Crippen LogP contribution in [0.1, 0.15) is 54.4 Å². The molecule has 1 N–H and O–H groups in total. The Bertz CT molecular complexity index is 1050. The number of hydrogen-bond donors (Lipinski definition) is 1. The number of nitrogens with one attached hydrogen (secondary N) is 1. The predicted molar refractivity (Wildman–Crippen MR) is 135 cm³/mol. The molecule has 0 bridgehead atoms. The van der Waals surface area contributed by atoms with Crippen molar-refractivity contribution in [3.8, 4) is 0 Å². The monoisotopic (exact) mass is 448 g/mol. The molecule has 168 valence electrons. The molecule has 3 aromatic rings. The number of nitrogens with zero attached hydrogens (tertiary/aromatic N) is 1. The smallest absolute Gasteiger partial charge is 0.251 e. The molecular formula is C28H33ClN2O. The van der Waals surface area contributed by atoms with E-state index in [4.69, 9.17) is 11.6 Å². The molecule has 3 nitrogen and oxygen atoms in total. The second kappa shape index (κ2) is 11.0. The van der Waals surface area contributed by atoms with Crippen LogP contribution in [-0.2, 0) is 0 Å². The number of carbonyl (C=O) groups is 1. The molecule has 0 aliphatic heterocycles. The minimum atomic E-state index is 0.0171. The van der Waals surface area contributed by atoms with E-state index in [0.717, 1.165) is 66.3 Å². The second-order valence-electron chi connectivity index (χ2n) is 8.98. The normalized spacial score (nSPS) is 17.6. The van der Waals surface area contributed by atoms with Crippen LogP contribution in [0.5, 0.6) is 0 Å². The SMILES string of the molecule is CCCN(CCCCNC(=O)c1ccc2ccccc2c1)CC1CC1c1cccc(Cl)c1. The van der Waals surface area contributed by atoms with Crippen LogP contribution >= 0.6 is 11.6 Å². The van der Waals surface area contributed by atoms with Gasteiger partial charge in [0.1, 0.15) is 0 Å². The number of unbranched alkanes of at least 4 members (excludes halogenated alkanes) is 1. The Kier molecular flexibility index (Phi) is 7.83. The molecule has 0 spiro atoms. The molecule has 4 heteroatoms. The van der Waals surface area contributed by atoms with E-state index >= 15 is 0 Å². The topological polar surface area (TPSA) is 32.3 Å². The van der Waals surface area contributed by atoms with Gasteiger partial charge in [-0.05, 0) is 91.2 Å². The summed E-state index contributed by atoms with van der Waals surface area (Å²) in [6.07, 6.45) is 4.55. The van der Waals surface area contributed by atoms with Crippen molar-refractivity contribution >= 4 is 28.3 Å². The number of amides is 1. The van der Waals surface area contributed by atoms with Gasteiger partial charge in [-0.25, -0.2) is 0 Å². The highest BCUT2D eigenvalue weighted by Crippen LogP contribution is 2.48. The van der Waals surface area contributed by atoms with Gasteiger partial charge in [0.05, 0.1) is 0 Å². The lowest BCUT2D eigenvalue weighted by atomic mass is 10.1. The van der Waals surface area contributed by atoms with Crippen molar-refractivity contribution in [2.75, 3.05) is 26.2 Å². The average molecular weight is 449 g/mol. The van der Waals surface area contributed by atoms with Gasteiger partial charge >= 0.3 is 0 Å². The standard InChI is InChI=1S/C28H33ClN2O/c1-2-15-31(20-25-19-27(25)23-10-7-11-26(29)18-23)16-6-5-14-30-28(32)24-13-12-21-8-3-4-9-22(21)17-24/h3-4,7-13,17-18,25,27H,2,5-6,14-16,19-20H2,1H3,(H,30,32). The maximum atomic E-state index is 12.5. The molecule has 1 aliphatic rings. The van der Waals surface area contributed by atoms with E-state index in [2.05, 4.69) is 41.4 Å². The molecule has 1 aliphatic carbocycles. The van der Waals surface area contributed by atoms with E-state index in [1.807, 2.05) is 42.5 Å². The maximum absolute atomic E-state index is 12.5. The molecule has 2 unspecified atom stereocenters. The Morgan fingerprint density at radius 1 is 1.00 bits per heavy atom. The van der Waals surface area contributed by atoms with Crippen LogP contribution in [0.15, 0.2) is 66.7 Å². The van der Waals surface area contributed by atoms with Crippen molar-refractivity contribution in [1.82, 2.24) is 10.2 Å². The third-order valence-electron chi connectivity index (χ3n) is 6.43. The van der Waals surface area contributed by atoms with Crippen LogP contribution in [0.25, 0.3) is 10.8 Å². The largest absolute Gasteiger partial charge is 0.352 e. The summed E-state index contributed by atoms with van der Waals surface area (Å²) in [6.45, 7) is 6.37. The van der Waals surface area contributed by atoms with Gasteiger partial charge in [-0.2, -0.15) is 0 Å². The molecule has 32 heavy (non-hydrogen) atoms.